The molecule has 1 unspecified atom stereocenters. The van der Waals surface area contributed by atoms with Crippen LogP contribution in [0.5, 0.6) is 0 Å². The van der Waals surface area contributed by atoms with Gasteiger partial charge < -0.3 is 24.3 Å². The predicted octanol–water partition coefficient (Wildman–Crippen LogP) is 4.94. The Bertz CT molecular complexity index is 1520. The minimum Gasteiger partial charge on any atom is -0.437 e. The van der Waals surface area contributed by atoms with E-state index in [0.717, 1.165) is 23.7 Å². The molecule has 4 aliphatic heterocycles. The first-order chi connectivity index (χ1) is 20.4. The molecule has 10 nitrogen and oxygen atoms in total. The van der Waals surface area contributed by atoms with Gasteiger partial charge in [-0.1, -0.05) is 12.1 Å². The predicted molar refractivity (Wildman–Crippen MR) is 147 cm³/mol. The molecule has 3 amide bonds. The van der Waals surface area contributed by atoms with Crippen molar-refractivity contribution in [2.45, 2.75) is 62.1 Å². The Kier molecular flexibility index (Phi) is 6.80. The third-order valence-electron chi connectivity index (χ3n) is 9.17. The van der Waals surface area contributed by atoms with Gasteiger partial charge in [0.25, 0.3) is 0 Å². The highest BCUT2D eigenvalue weighted by Crippen LogP contribution is 2.43. The quantitative estimate of drug-likeness (QED) is 0.456. The molecule has 0 saturated carbocycles. The lowest BCUT2D eigenvalue weighted by Crippen LogP contribution is -2.52. The van der Waals surface area contributed by atoms with Gasteiger partial charge in [0.05, 0.1) is 12.6 Å². The number of piperidine rings is 1. The summed E-state index contributed by atoms with van der Waals surface area (Å²) in [5.74, 6) is -0.612. The van der Waals surface area contributed by atoms with Gasteiger partial charge in [-0.05, 0) is 43.0 Å². The first-order valence-electron chi connectivity index (χ1n) is 14.5. The number of nitrogens with zero attached hydrogens (tertiary/aromatic N) is 4. The number of urea groups is 1. The third kappa shape index (κ3) is 4.67. The van der Waals surface area contributed by atoms with Crippen molar-refractivity contribution in [2.24, 2.45) is 0 Å². The van der Waals surface area contributed by atoms with Crippen LogP contribution in [0.2, 0.25) is 0 Å². The van der Waals surface area contributed by atoms with E-state index >= 15 is 0 Å². The van der Waals surface area contributed by atoms with Gasteiger partial charge >= 0.3 is 12.1 Å². The molecule has 4 aliphatic rings. The van der Waals surface area contributed by atoms with E-state index in [1.54, 1.807) is 17.2 Å². The van der Waals surface area contributed by atoms with Crippen LogP contribution in [-0.4, -0.2) is 57.9 Å². The van der Waals surface area contributed by atoms with E-state index in [2.05, 4.69) is 20.2 Å². The molecule has 12 heteroatoms. The van der Waals surface area contributed by atoms with Gasteiger partial charge in [-0.15, -0.1) is 0 Å². The Hall–Kier alpha value is -4.06. The second-order valence-electron chi connectivity index (χ2n) is 11.5. The molecule has 220 valence electrons. The minimum atomic E-state index is -0.863. The fraction of sp³-hybridized carbons (Fsp3) is 0.467. The maximum Gasteiger partial charge on any atom is 0.413 e. The maximum absolute atomic E-state index is 14.9. The fourth-order valence-electron chi connectivity index (χ4n) is 6.92. The Morgan fingerprint density at radius 1 is 1.07 bits per heavy atom. The average Bonchev–Trinajstić information content (AvgIpc) is 3.63. The summed E-state index contributed by atoms with van der Waals surface area (Å²) in [4.78, 5) is 36.6. The smallest absolute Gasteiger partial charge is 0.413 e. The average molecular weight is 579 g/mol. The van der Waals surface area contributed by atoms with E-state index in [4.69, 9.17) is 14.5 Å². The molecule has 0 radical (unpaired) electrons. The summed E-state index contributed by atoms with van der Waals surface area (Å²) in [5.41, 5.74) is 1.31. The fourth-order valence-corrected chi connectivity index (χ4v) is 6.92. The van der Waals surface area contributed by atoms with Crippen LogP contribution in [0.1, 0.15) is 72.6 Å². The van der Waals surface area contributed by atoms with Crippen LogP contribution in [0.15, 0.2) is 42.7 Å². The normalized spacial score (nSPS) is 24.8. The molecule has 2 N–H and O–H groups in total. The van der Waals surface area contributed by atoms with Crippen molar-refractivity contribution in [2.75, 3.05) is 31.6 Å². The highest BCUT2D eigenvalue weighted by molar-refractivity contribution is 5.87. The van der Waals surface area contributed by atoms with Crippen LogP contribution >= 0.6 is 0 Å². The number of fused-ring (bicyclic) bond motifs is 3. The van der Waals surface area contributed by atoms with Gasteiger partial charge in [-0.25, -0.2) is 28.3 Å². The number of imidazole rings is 1. The van der Waals surface area contributed by atoms with Crippen LogP contribution in [-0.2, 0) is 21.6 Å². The number of pyridine rings is 1. The number of carbonyl (C=O) groups is 2. The molecule has 3 aromatic rings. The summed E-state index contributed by atoms with van der Waals surface area (Å²) in [6, 6.07) is 7.37. The molecule has 7 rings (SSSR count). The lowest BCUT2D eigenvalue weighted by molar-refractivity contribution is -0.0308. The Labute approximate surface area is 241 Å². The van der Waals surface area contributed by atoms with Crippen LogP contribution in [0.4, 0.5) is 24.2 Å². The summed E-state index contributed by atoms with van der Waals surface area (Å²) in [7, 11) is 0. The first kappa shape index (κ1) is 26.8. The number of carbonyl (C=O) groups excluding carboxylic acids is 2. The first-order valence-corrected chi connectivity index (χ1v) is 14.5. The number of halogens is 2. The summed E-state index contributed by atoms with van der Waals surface area (Å²) in [5, 5.41) is 5.83. The molecule has 1 spiro atoms. The van der Waals surface area contributed by atoms with Crippen molar-refractivity contribution in [3.05, 3.63) is 77.0 Å². The van der Waals surface area contributed by atoms with Crippen molar-refractivity contribution in [1.29, 1.82) is 0 Å². The van der Waals surface area contributed by atoms with Gasteiger partial charge in [-0.3, -0.25) is 5.32 Å². The molecule has 0 bridgehead atoms. The zero-order valence-electron chi connectivity index (χ0n) is 23.0. The molecule has 6 heterocycles. The Balaban J connectivity index is 1.11. The largest absolute Gasteiger partial charge is 0.437 e. The molecular formula is C30H32F2N6O4. The van der Waals surface area contributed by atoms with E-state index in [1.165, 1.54) is 6.07 Å². The van der Waals surface area contributed by atoms with Crippen molar-refractivity contribution < 1.29 is 27.8 Å². The van der Waals surface area contributed by atoms with Crippen molar-refractivity contribution in [1.82, 2.24) is 24.8 Å². The monoisotopic (exact) mass is 578 g/mol. The maximum atomic E-state index is 14.9. The molecular weight excluding hydrogens is 546 g/mol. The number of amides is 3. The SMILES string of the molecule is O=C1Nc2ncccc2C2(CCN(C(=O)N[C@@H]3CC[C@@H](c4cccc(F)c4F)Cn4c(C5CCOC5)cnc43)CC2)O1. The summed E-state index contributed by atoms with van der Waals surface area (Å²) in [6.07, 6.45) is 5.72. The summed E-state index contributed by atoms with van der Waals surface area (Å²) < 4.78 is 42.6. The van der Waals surface area contributed by atoms with Gasteiger partial charge in [0, 0.05) is 74.6 Å². The summed E-state index contributed by atoms with van der Waals surface area (Å²) in [6.45, 7) is 2.45. The van der Waals surface area contributed by atoms with E-state index in [-0.39, 0.29) is 17.9 Å². The molecule has 0 aliphatic carbocycles. The lowest BCUT2D eigenvalue weighted by atomic mass is 9.83. The van der Waals surface area contributed by atoms with E-state index in [1.807, 2.05) is 18.3 Å². The van der Waals surface area contributed by atoms with Crippen LogP contribution in [0.25, 0.3) is 0 Å². The summed E-state index contributed by atoms with van der Waals surface area (Å²) >= 11 is 0. The molecule has 1 aromatic carbocycles. The minimum absolute atomic E-state index is 0.155. The van der Waals surface area contributed by atoms with Crippen LogP contribution < -0.4 is 10.6 Å². The number of anilines is 1. The van der Waals surface area contributed by atoms with Gasteiger partial charge in [-0.2, -0.15) is 0 Å². The van der Waals surface area contributed by atoms with Gasteiger partial charge in [0.15, 0.2) is 11.6 Å². The Morgan fingerprint density at radius 3 is 2.74 bits per heavy atom. The topological polar surface area (TPSA) is 111 Å². The second-order valence-corrected chi connectivity index (χ2v) is 11.5. The number of likely N-dealkylation sites (tertiary alicyclic amines) is 1. The van der Waals surface area contributed by atoms with Gasteiger partial charge in [0.2, 0.25) is 0 Å². The zero-order valence-corrected chi connectivity index (χ0v) is 23.0. The number of hydrogen-bond acceptors (Lipinski definition) is 6. The van der Waals surface area contributed by atoms with E-state index < -0.39 is 29.4 Å². The highest BCUT2D eigenvalue weighted by Gasteiger charge is 2.46. The zero-order chi connectivity index (χ0) is 28.8. The molecule has 3 atom stereocenters. The molecule has 2 fully saturated rings. The number of benzene rings is 1. The van der Waals surface area contributed by atoms with Crippen molar-refractivity contribution in [3.63, 3.8) is 0 Å². The Morgan fingerprint density at radius 2 is 1.93 bits per heavy atom. The highest BCUT2D eigenvalue weighted by atomic mass is 19.2. The van der Waals surface area contributed by atoms with Gasteiger partial charge in [0.1, 0.15) is 17.2 Å². The van der Waals surface area contributed by atoms with E-state index in [9.17, 15) is 18.4 Å². The lowest BCUT2D eigenvalue weighted by Gasteiger charge is -2.43. The number of hydrogen-bond donors (Lipinski definition) is 2. The number of aromatic nitrogens is 3. The number of nitrogens with one attached hydrogen (secondary N) is 2. The van der Waals surface area contributed by atoms with E-state index in [0.29, 0.717) is 75.7 Å². The molecule has 2 aromatic heterocycles. The van der Waals surface area contributed by atoms with Crippen LogP contribution in [0.3, 0.4) is 0 Å². The molecule has 42 heavy (non-hydrogen) atoms. The molecule has 2 saturated heterocycles. The van der Waals surface area contributed by atoms with Crippen LogP contribution in [0, 0.1) is 11.6 Å². The van der Waals surface area contributed by atoms with Crippen molar-refractivity contribution >= 4 is 17.9 Å². The number of ether oxygens (including phenoxy) is 2. The third-order valence-corrected chi connectivity index (χ3v) is 9.17. The van der Waals surface area contributed by atoms with Crippen molar-refractivity contribution in [3.8, 4) is 0 Å². The number of rotatable bonds is 3. The standard InChI is InChI=1S/C30H32F2N6O4/c31-22-5-1-3-20(25(22)32)18-6-7-23(27-34-15-24(38(27)16-18)19-8-14-41-17-19)35-28(39)37-12-9-30(10-13-37)21-4-2-11-33-26(21)36-29(40)42-30/h1-5,11,15,18-19,23H,6-10,12-14,16-17H2,(H,35,39)(H,33,36,40)/t18-,19?,23-/m1/s1. The second kappa shape index (κ2) is 10.6.